The summed E-state index contributed by atoms with van der Waals surface area (Å²) in [4.78, 5) is 22.3. The second-order valence-electron chi connectivity index (χ2n) is 7.13. The molecule has 28 heavy (non-hydrogen) atoms. The Labute approximate surface area is 163 Å². The van der Waals surface area contributed by atoms with Crippen LogP contribution in [0, 0.1) is 5.92 Å². The zero-order valence-electron chi connectivity index (χ0n) is 15.9. The Morgan fingerprint density at radius 1 is 1.04 bits per heavy atom. The van der Waals surface area contributed by atoms with Gasteiger partial charge >= 0.3 is 5.97 Å². The molecule has 0 aliphatic heterocycles. The van der Waals surface area contributed by atoms with Gasteiger partial charge in [-0.1, -0.05) is 44.2 Å². The van der Waals surface area contributed by atoms with Gasteiger partial charge < -0.3 is 10.5 Å². The van der Waals surface area contributed by atoms with Crippen molar-refractivity contribution in [2.45, 2.75) is 20.3 Å². The van der Waals surface area contributed by atoms with Gasteiger partial charge in [0.25, 0.3) is 0 Å². The predicted molar refractivity (Wildman–Crippen MR) is 111 cm³/mol. The summed E-state index contributed by atoms with van der Waals surface area (Å²) >= 11 is 0. The molecular formula is C22H22N4O2. The van der Waals surface area contributed by atoms with E-state index in [0.29, 0.717) is 29.2 Å². The van der Waals surface area contributed by atoms with E-state index in [4.69, 9.17) is 15.5 Å². The molecule has 0 unspecified atom stereocenters. The van der Waals surface area contributed by atoms with Gasteiger partial charge in [-0.05, 0) is 36.6 Å². The maximum Gasteiger partial charge on any atom is 0.344 e. The largest absolute Gasteiger partial charge is 0.462 e. The van der Waals surface area contributed by atoms with E-state index in [2.05, 4.69) is 18.8 Å². The zero-order chi connectivity index (χ0) is 19.7. The van der Waals surface area contributed by atoms with Crippen molar-refractivity contribution >= 4 is 34.0 Å². The molecule has 0 atom stereocenters. The number of anilines is 1. The van der Waals surface area contributed by atoms with Crippen LogP contribution in [0.1, 0.15) is 30.6 Å². The Kier molecular flexibility index (Phi) is 4.69. The third-order valence-electron chi connectivity index (χ3n) is 4.64. The first-order valence-electron chi connectivity index (χ1n) is 9.35. The van der Waals surface area contributed by atoms with E-state index in [-0.39, 0.29) is 11.4 Å². The first kappa shape index (κ1) is 18.0. The highest BCUT2D eigenvalue weighted by atomic mass is 16.5. The minimum absolute atomic E-state index is 0.265. The molecule has 0 aliphatic carbocycles. The minimum atomic E-state index is -0.470. The lowest BCUT2D eigenvalue weighted by molar-refractivity contribution is 0.0491. The van der Waals surface area contributed by atoms with Crippen LogP contribution in [0.15, 0.2) is 54.6 Å². The molecule has 142 valence electrons. The molecule has 0 spiro atoms. The summed E-state index contributed by atoms with van der Waals surface area (Å²) in [5, 5.41) is 0. The lowest BCUT2D eigenvalue weighted by Crippen LogP contribution is -2.11. The number of hydrogen-bond donors (Lipinski definition) is 1. The third kappa shape index (κ3) is 3.17. The van der Waals surface area contributed by atoms with Crippen LogP contribution in [-0.2, 0) is 4.74 Å². The van der Waals surface area contributed by atoms with E-state index < -0.39 is 5.97 Å². The minimum Gasteiger partial charge on any atom is -0.462 e. The van der Waals surface area contributed by atoms with Crippen molar-refractivity contribution in [1.29, 1.82) is 0 Å². The van der Waals surface area contributed by atoms with Crippen molar-refractivity contribution in [1.82, 2.24) is 14.5 Å². The Bertz CT molecular complexity index is 1150. The fourth-order valence-electron chi connectivity index (χ4n) is 3.16. The van der Waals surface area contributed by atoms with Crippen LogP contribution in [0.25, 0.3) is 27.9 Å². The topological polar surface area (TPSA) is 83.0 Å². The SMILES string of the molecule is CC(C)CCOC(=O)c1c(N)n(-c2ccccc2)c2nc3ccccc3nc12. The van der Waals surface area contributed by atoms with Gasteiger partial charge in [0.15, 0.2) is 5.65 Å². The number of nitrogen functional groups attached to an aromatic ring is 1. The molecule has 0 bridgehead atoms. The molecule has 2 heterocycles. The number of ether oxygens (including phenoxy) is 1. The molecule has 6 nitrogen and oxygen atoms in total. The molecule has 0 saturated carbocycles. The molecule has 0 fully saturated rings. The number of esters is 1. The van der Waals surface area contributed by atoms with Crippen molar-refractivity contribution in [3.63, 3.8) is 0 Å². The Morgan fingerprint density at radius 3 is 2.36 bits per heavy atom. The third-order valence-corrected chi connectivity index (χ3v) is 4.64. The normalized spacial score (nSPS) is 11.4. The molecule has 4 rings (SSSR count). The van der Waals surface area contributed by atoms with Gasteiger partial charge in [0.05, 0.1) is 17.6 Å². The van der Waals surface area contributed by atoms with Crippen molar-refractivity contribution in [3.8, 4) is 5.69 Å². The molecule has 2 aromatic heterocycles. The van der Waals surface area contributed by atoms with E-state index in [1.54, 1.807) is 4.57 Å². The van der Waals surface area contributed by atoms with Crippen LogP contribution < -0.4 is 5.73 Å². The molecular weight excluding hydrogens is 352 g/mol. The standard InChI is InChI=1S/C22H22N4O2/c1-14(2)12-13-28-22(27)18-19-21(25-17-11-7-6-10-16(17)24-19)26(20(18)23)15-8-4-3-5-9-15/h3-11,14H,12-13,23H2,1-2H3. The first-order valence-corrected chi connectivity index (χ1v) is 9.35. The van der Waals surface area contributed by atoms with Crippen molar-refractivity contribution < 1.29 is 9.53 Å². The van der Waals surface area contributed by atoms with Crippen LogP contribution in [0.4, 0.5) is 5.82 Å². The van der Waals surface area contributed by atoms with Crippen LogP contribution in [0.5, 0.6) is 0 Å². The number of rotatable bonds is 5. The maximum atomic E-state index is 12.9. The maximum absolute atomic E-state index is 12.9. The second kappa shape index (κ2) is 7.31. The van der Waals surface area contributed by atoms with Crippen LogP contribution in [0.2, 0.25) is 0 Å². The highest BCUT2D eigenvalue weighted by molar-refractivity contribution is 6.09. The summed E-state index contributed by atoms with van der Waals surface area (Å²) in [6.07, 6.45) is 0.789. The lowest BCUT2D eigenvalue weighted by Gasteiger charge is -2.08. The van der Waals surface area contributed by atoms with E-state index in [1.807, 2.05) is 54.6 Å². The number of aromatic nitrogens is 3. The summed E-state index contributed by atoms with van der Waals surface area (Å²) in [6.45, 7) is 4.51. The van der Waals surface area contributed by atoms with Gasteiger partial charge in [0.2, 0.25) is 0 Å². The molecule has 6 heteroatoms. The second-order valence-corrected chi connectivity index (χ2v) is 7.13. The summed E-state index contributed by atoms with van der Waals surface area (Å²) in [5.74, 6) is 0.257. The Morgan fingerprint density at radius 2 is 1.68 bits per heavy atom. The summed E-state index contributed by atoms with van der Waals surface area (Å²) in [6, 6.07) is 17.1. The summed E-state index contributed by atoms with van der Waals surface area (Å²) < 4.78 is 7.25. The van der Waals surface area contributed by atoms with E-state index in [0.717, 1.165) is 17.6 Å². The monoisotopic (exact) mass is 374 g/mol. The van der Waals surface area contributed by atoms with E-state index >= 15 is 0 Å². The van der Waals surface area contributed by atoms with E-state index in [9.17, 15) is 4.79 Å². The molecule has 0 amide bonds. The Balaban J connectivity index is 1.92. The van der Waals surface area contributed by atoms with Crippen molar-refractivity contribution in [2.75, 3.05) is 12.3 Å². The van der Waals surface area contributed by atoms with Gasteiger partial charge in [-0.25, -0.2) is 14.8 Å². The molecule has 0 saturated heterocycles. The average Bonchev–Trinajstić information content (AvgIpc) is 2.97. The van der Waals surface area contributed by atoms with Gasteiger partial charge in [-0.15, -0.1) is 0 Å². The molecule has 4 aromatic rings. The van der Waals surface area contributed by atoms with Crippen LogP contribution in [-0.4, -0.2) is 27.1 Å². The quantitative estimate of drug-likeness (QED) is 0.525. The molecule has 0 radical (unpaired) electrons. The lowest BCUT2D eigenvalue weighted by atomic mass is 10.1. The first-order chi connectivity index (χ1) is 13.6. The average molecular weight is 374 g/mol. The van der Waals surface area contributed by atoms with Gasteiger partial charge in [-0.2, -0.15) is 0 Å². The van der Waals surface area contributed by atoms with Gasteiger partial charge in [0.1, 0.15) is 16.9 Å². The van der Waals surface area contributed by atoms with Crippen LogP contribution >= 0.6 is 0 Å². The van der Waals surface area contributed by atoms with Crippen molar-refractivity contribution in [2.24, 2.45) is 5.92 Å². The van der Waals surface area contributed by atoms with E-state index in [1.165, 1.54) is 0 Å². The Hall–Kier alpha value is -3.41. The fraction of sp³-hybridized carbons (Fsp3) is 0.227. The number of nitrogens with two attached hydrogens (primary N) is 1. The fourth-order valence-corrected chi connectivity index (χ4v) is 3.16. The molecule has 2 aromatic carbocycles. The number of carbonyl (C=O) groups is 1. The number of carbonyl (C=O) groups excluding carboxylic acids is 1. The summed E-state index contributed by atoms with van der Waals surface area (Å²) in [5.41, 5.74) is 9.94. The number of benzene rings is 2. The number of nitrogens with zero attached hydrogens (tertiary/aromatic N) is 3. The highest BCUT2D eigenvalue weighted by Crippen LogP contribution is 2.31. The zero-order valence-corrected chi connectivity index (χ0v) is 15.9. The van der Waals surface area contributed by atoms with Crippen molar-refractivity contribution in [3.05, 3.63) is 60.2 Å². The van der Waals surface area contributed by atoms with Gasteiger partial charge in [-0.3, -0.25) is 4.57 Å². The summed E-state index contributed by atoms with van der Waals surface area (Å²) in [7, 11) is 0. The van der Waals surface area contributed by atoms with Gasteiger partial charge in [0, 0.05) is 5.69 Å². The molecule has 2 N–H and O–H groups in total. The highest BCUT2D eigenvalue weighted by Gasteiger charge is 2.25. The van der Waals surface area contributed by atoms with Crippen LogP contribution in [0.3, 0.4) is 0 Å². The molecule has 0 aliphatic rings. The number of fused-ring (bicyclic) bond motifs is 2. The smallest absolute Gasteiger partial charge is 0.344 e. The number of para-hydroxylation sites is 3. The predicted octanol–water partition coefficient (Wildman–Crippen LogP) is 4.36. The number of hydrogen-bond acceptors (Lipinski definition) is 5.